The van der Waals surface area contributed by atoms with Crippen molar-refractivity contribution in [3.63, 3.8) is 0 Å². The zero-order valence-corrected chi connectivity index (χ0v) is 10.1. The van der Waals surface area contributed by atoms with E-state index in [1.54, 1.807) is 7.05 Å². The number of amides is 1. The SMILES string of the molecule is CC(C)NC(=S)NNC(=O)c1cn(C)nn1. The summed E-state index contributed by atoms with van der Waals surface area (Å²) >= 11 is 4.93. The van der Waals surface area contributed by atoms with E-state index >= 15 is 0 Å². The summed E-state index contributed by atoms with van der Waals surface area (Å²) in [6.07, 6.45) is 1.51. The Morgan fingerprint density at radius 2 is 2.19 bits per heavy atom. The van der Waals surface area contributed by atoms with Crippen molar-refractivity contribution >= 4 is 23.2 Å². The van der Waals surface area contributed by atoms with Gasteiger partial charge in [0.1, 0.15) is 0 Å². The summed E-state index contributed by atoms with van der Waals surface area (Å²) in [6, 6.07) is 0.202. The van der Waals surface area contributed by atoms with Gasteiger partial charge >= 0.3 is 0 Å². The molecule has 0 saturated carbocycles. The van der Waals surface area contributed by atoms with E-state index in [9.17, 15) is 4.79 Å². The van der Waals surface area contributed by atoms with Crippen LogP contribution in [0.5, 0.6) is 0 Å². The summed E-state index contributed by atoms with van der Waals surface area (Å²) in [6.45, 7) is 3.89. The van der Waals surface area contributed by atoms with E-state index in [0.29, 0.717) is 5.11 Å². The summed E-state index contributed by atoms with van der Waals surface area (Å²) in [5.74, 6) is -0.388. The minimum Gasteiger partial charge on any atom is -0.359 e. The van der Waals surface area contributed by atoms with E-state index in [-0.39, 0.29) is 17.6 Å². The van der Waals surface area contributed by atoms with Gasteiger partial charge in [-0.2, -0.15) is 0 Å². The standard InChI is InChI=1S/C8H14N6OS/c1-5(2)9-8(16)12-11-7(15)6-4-14(3)13-10-6/h4-5H,1-3H3,(H,11,15)(H2,9,12,16). The van der Waals surface area contributed by atoms with Crippen LogP contribution in [0.2, 0.25) is 0 Å². The molecule has 1 rings (SSSR count). The van der Waals surface area contributed by atoms with Crippen molar-refractivity contribution in [2.24, 2.45) is 7.05 Å². The zero-order chi connectivity index (χ0) is 12.1. The van der Waals surface area contributed by atoms with Gasteiger partial charge < -0.3 is 5.32 Å². The number of carbonyl (C=O) groups is 1. The molecule has 88 valence electrons. The predicted octanol–water partition coefficient (Wildman–Crippen LogP) is -0.668. The van der Waals surface area contributed by atoms with Gasteiger partial charge in [0.15, 0.2) is 10.8 Å². The number of hydrogen-bond acceptors (Lipinski definition) is 4. The number of aryl methyl sites for hydroxylation is 1. The fourth-order valence-corrected chi connectivity index (χ4v) is 1.21. The average Bonchev–Trinajstić information content (AvgIpc) is 2.60. The Bertz CT molecular complexity index is 388. The van der Waals surface area contributed by atoms with Crippen molar-refractivity contribution in [1.29, 1.82) is 0 Å². The maximum absolute atomic E-state index is 11.5. The van der Waals surface area contributed by atoms with Crippen molar-refractivity contribution in [2.45, 2.75) is 19.9 Å². The molecule has 0 aliphatic carbocycles. The summed E-state index contributed by atoms with van der Waals surface area (Å²) < 4.78 is 1.44. The molecule has 0 aliphatic heterocycles. The first-order valence-corrected chi connectivity index (χ1v) is 5.13. The molecular weight excluding hydrogens is 228 g/mol. The molecule has 16 heavy (non-hydrogen) atoms. The predicted molar refractivity (Wildman–Crippen MR) is 62.5 cm³/mol. The molecule has 0 spiro atoms. The lowest BCUT2D eigenvalue weighted by atomic mass is 10.4. The van der Waals surface area contributed by atoms with E-state index in [1.807, 2.05) is 13.8 Å². The number of hydrazine groups is 1. The molecule has 0 unspecified atom stereocenters. The lowest BCUT2D eigenvalue weighted by molar-refractivity contribution is 0.0938. The van der Waals surface area contributed by atoms with Crippen LogP contribution in [0.3, 0.4) is 0 Å². The largest absolute Gasteiger partial charge is 0.359 e. The molecule has 0 saturated heterocycles. The molecule has 1 amide bonds. The van der Waals surface area contributed by atoms with Gasteiger partial charge in [0.05, 0.1) is 6.20 Å². The number of nitrogens with one attached hydrogen (secondary N) is 3. The molecule has 1 aromatic rings. The number of carbonyl (C=O) groups excluding carboxylic acids is 1. The first kappa shape index (κ1) is 12.4. The second-order valence-electron chi connectivity index (χ2n) is 3.48. The first-order valence-electron chi connectivity index (χ1n) is 4.72. The Labute approximate surface area is 98.6 Å². The van der Waals surface area contributed by atoms with E-state index < -0.39 is 0 Å². The van der Waals surface area contributed by atoms with Gasteiger partial charge in [-0.3, -0.25) is 20.3 Å². The minimum absolute atomic E-state index is 0.202. The Kier molecular flexibility index (Phi) is 4.18. The number of nitrogens with zero attached hydrogens (tertiary/aromatic N) is 3. The van der Waals surface area contributed by atoms with Crippen LogP contribution < -0.4 is 16.2 Å². The van der Waals surface area contributed by atoms with Crippen molar-refractivity contribution in [3.05, 3.63) is 11.9 Å². The molecule has 0 bridgehead atoms. The van der Waals surface area contributed by atoms with Crippen LogP contribution in [-0.4, -0.2) is 32.1 Å². The molecule has 0 atom stereocenters. The molecule has 0 aromatic carbocycles. The fourth-order valence-electron chi connectivity index (χ4n) is 0.927. The Balaban J connectivity index is 2.38. The van der Waals surface area contributed by atoms with Crippen molar-refractivity contribution < 1.29 is 4.79 Å². The summed E-state index contributed by atoms with van der Waals surface area (Å²) in [4.78, 5) is 11.5. The molecule has 0 radical (unpaired) electrons. The van der Waals surface area contributed by atoms with Crippen LogP contribution in [0.15, 0.2) is 6.20 Å². The van der Waals surface area contributed by atoms with Gasteiger partial charge in [-0.25, -0.2) is 0 Å². The topological polar surface area (TPSA) is 83.9 Å². The van der Waals surface area contributed by atoms with Crippen LogP contribution in [-0.2, 0) is 7.05 Å². The summed E-state index contributed by atoms with van der Waals surface area (Å²) in [5, 5.41) is 10.6. The number of aromatic nitrogens is 3. The highest BCUT2D eigenvalue weighted by molar-refractivity contribution is 7.80. The van der Waals surface area contributed by atoms with Gasteiger partial charge in [-0.1, -0.05) is 5.21 Å². The van der Waals surface area contributed by atoms with Gasteiger partial charge in [0, 0.05) is 13.1 Å². The molecule has 1 aromatic heterocycles. The van der Waals surface area contributed by atoms with Crippen LogP contribution in [0, 0.1) is 0 Å². The number of hydrogen-bond donors (Lipinski definition) is 3. The van der Waals surface area contributed by atoms with E-state index in [4.69, 9.17) is 12.2 Å². The third-order valence-electron chi connectivity index (χ3n) is 1.54. The third-order valence-corrected chi connectivity index (χ3v) is 1.76. The van der Waals surface area contributed by atoms with E-state index in [0.717, 1.165) is 0 Å². The lowest BCUT2D eigenvalue weighted by Crippen LogP contribution is -2.48. The maximum atomic E-state index is 11.5. The van der Waals surface area contributed by atoms with Crippen LogP contribution in [0.25, 0.3) is 0 Å². The number of rotatable bonds is 2. The van der Waals surface area contributed by atoms with Crippen molar-refractivity contribution in [2.75, 3.05) is 0 Å². The Morgan fingerprint density at radius 3 is 2.69 bits per heavy atom. The zero-order valence-electron chi connectivity index (χ0n) is 9.31. The van der Waals surface area contributed by atoms with Crippen molar-refractivity contribution in [3.8, 4) is 0 Å². The van der Waals surface area contributed by atoms with Gasteiger partial charge in [-0.15, -0.1) is 5.10 Å². The Hall–Kier alpha value is -1.70. The van der Waals surface area contributed by atoms with Gasteiger partial charge in [-0.05, 0) is 26.1 Å². The highest BCUT2D eigenvalue weighted by atomic mass is 32.1. The summed E-state index contributed by atoms with van der Waals surface area (Å²) in [5.41, 5.74) is 5.20. The van der Waals surface area contributed by atoms with E-state index in [2.05, 4.69) is 26.5 Å². The number of thiocarbonyl (C=S) groups is 1. The van der Waals surface area contributed by atoms with Crippen LogP contribution in [0.4, 0.5) is 0 Å². The molecule has 0 fully saturated rings. The second kappa shape index (κ2) is 5.40. The lowest BCUT2D eigenvalue weighted by Gasteiger charge is -2.12. The molecular formula is C8H14N6OS. The Morgan fingerprint density at radius 1 is 1.50 bits per heavy atom. The van der Waals surface area contributed by atoms with Crippen LogP contribution in [0.1, 0.15) is 24.3 Å². The van der Waals surface area contributed by atoms with E-state index in [1.165, 1.54) is 10.9 Å². The maximum Gasteiger partial charge on any atom is 0.291 e. The highest BCUT2D eigenvalue weighted by Gasteiger charge is 2.09. The van der Waals surface area contributed by atoms with Crippen LogP contribution >= 0.6 is 12.2 Å². The molecule has 3 N–H and O–H groups in total. The van der Waals surface area contributed by atoms with Gasteiger partial charge in [0.25, 0.3) is 5.91 Å². The quantitative estimate of drug-likeness (QED) is 0.471. The third kappa shape index (κ3) is 3.81. The monoisotopic (exact) mass is 242 g/mol. The van der Waals surface area contributed by atoms with Gasteiger partial charge in [0.2, 0.25) is 0 Å². The summed E-state index contributed by atoms with van der Waals surface area (Å²) in [7, 11) is 1.68. The fraction of sp³-hybridized carbons (Fsp3) is 0.500. The molecule has 1 heterocycles. The molecule has 8 heteroatoms. The molecule has 0 aliphatic rings. The highest BCUT2D eigenvalue weighted by Crippen LogP contribution is 1.89. The first-order chi connectivity index (χ1) is 7.49. The normalized spacial score (nSPS) is 10.0. The van der Waals surface area contributed by atoms with Crippen molar-refractivity contribution in [1.82, 2.24) is 31.2 Å². The second-order valence-corrected chi connectivity index (χ2v) is 3.89. The minimum atomic E-state index is -0.388. The average molecular weight is 242 g/mol. The smallest absolute Gasteiger partial charge is 0.291 e. The molecule has 7 nitrogen and oxygen atoms in total.